The fourth-order valence-corrected chi connectivity index (χ4v) is 1.70. The van der Waals surface area contributed by atoms with Crippen molar-refractivity contribution in [2.45, 2.75) is 0 Å². The third-order valence-electron chi connectivity index (χ3n) is 2.58. The molecule has 0 aliphatic heterocycles. The summed E-state index contributed by atoms with van der Waals surface area (Å²) in [6.07, 6.45) is 0.756. The van der Waals surface area contributed by atoms with Crippen molar-refractivity contribution in [2.75, 3.05) is 5.73 Å². The zero-order valence-electron chi connectivity index (χ0n) is 9.46. The molecule has 18 heavy (non-hydrogen) atoms. The molecule has 0 aliphatic carbocycles. The van der Waals surface area contributed by atoms with Crippen molar-refractivity contribution in [3.8, 4) is 11.1 Å². The Labute approximate surface area is 104 Å². The van der Waals surface area contributed by atoms with Crippen molar-refractivity contribution in [3.63, 3.8) is 0 Å². The molecule has 4 heteroatoms. The molecule has 0 atom stereocenters. The van der Waals surface area contributed by atoms with Gasteiger partial charge in [0.15, 0.2) is 0 Å². The number of aromatic carboxylic acids is 1. The number of carbonyl (C=O) groups excluding carboxylic acids is 1. The Kier molecular flexibility index (Phi) is 3.10. The lowest BCUT2D eigenvalue weighted by Crippen LogP contribution is -1.98. The van der Waals surface area contributed by atoms with E-state index in [0.717, 1.165) is 11.8 Å². The number of carboxylic acids is 1. The lowest BCUT2D eigenvalue weighted by Gasteiger charge is -2.05. The number of aldehydes is 1. The standard InChI is InChI=1S/C14H11NO3/c15-13-6-11(5-12(7-13)14(17)18)10-3-1-9(8-16)2-4-10/h1-8H,15H2,(H,17,18). The van der Waals surface area contributed by atoms with Gasteiger partial charge < -0.3 is 10.8 Å². The number of nitrogens with two attached hydrogens (primary N) is 1. The number of rotatable bonds is 3. The molecule has 2 aromatic carbocycles. The van der Waals surface area contributed by atoms with Crippen molar-refractivity contribution >= 4 is 17.9 Å². The van der Waals surface area contributed by atoms with Crippen LogP contribution in [-0.4, -0.2) is 17.4 Å². The summed E-state index contributed by atoms with van der Waals surface area (Å²) >= 11 is 0. The van der Waals surface area contributed by atoms with Gasteiger partial charge >= 0.3 is 5.97 Å². The molecule has 2 aromatic rings. The number of hydrogen-bond donors (Lipinski definition) is 2. The summed E-state index contributed by atoms with van der Waals surface area (Å²) in [4.78, 5) is 21.5. The Balaban J connectivity index is 2.49. The predicted molar refractivity (Wildman–Crippen MR) is 68.6 cm³/mol. The lowest BCUT2D eigenvalue weighted by molar-refractivity contribution is 0.0697. The van der Waals surface area contributed by atoms with E-state index in [-0.39, 0.29) is 5.56 Å². The summed E-state index contributed by atoms with van der Waals surface area (Å²) in [5.74, 6) is -1.02. The second-order valence-corrected chi connectivity index (χ2v) is 3.89. The van der Waals surface area contributed by atoms with Gasteiger partial charge in [0.1, 0.15) is 6.29 Å². The lowest BCUT2D eigenvalue weighted by atomic mass is 10.0. The quantitative estimate of drug-likeness (QED) is 0.638. The normalized spacial score (nSPS) is 10.0. The maximum Gasteiger partial charge on any atom is 0.335 e. The minimum atomic E-state index is -1.02. The van der Waals surface area contributed by atoms with Gasteiger partial charge in [-0.2, -0.15) is 0 Å². The van der Waals surface area contributed by atoms with E-state index < -0.39 is 5.97 Å². The van der Waals surface area contributed by atoms with Gasteiger partial charge in [0.25, 0.3) is 0 Å². The molecule has 3 N–H and O–H groups in total. The van der Waals surface area contributed by atoms with E-state index in [1.165, 1.54) is 6.07 Å². The van der Waals surface area contributed by atoms with Crippen LogP contribution in [0.1, 0.15) is 20.7 Å². The maximum absolute atomic E-state index is 10.9. The first kappa shape index (κ1) is 11.9. The van der Waals surface area contributed by atoms with Gasteiger partial charge in [0, 0.05) is 11.3 Å². The van der Waals surface area contributed by atoms with Crippen LogP contribution in [-0.2, 0) is 0 Å². The number of carboxylic acid groups (broad SMARTS) is 1. The van der Waals surface area contributed by atoms with E-state index in [2.05, 4.69) is 0 Å². The average molecular weight is 241 g/mol. The monoisotopic (exact) mass is 241 g/mol. The molecule has 90 valence electrons. The molecular weight excluding hydrogens is 230 g/mol. The zero-order valence-corrected chi connectivity index (χ0v) is 9.46. The Bertz CT molecular complexity index is 603. The van der Waals surface area contributed by atoms with E-state index in [1.807, 2.05) is 0 Å². The number of anilines is 1. The number of nitrogen functional groups attached to an aromatic ring is 1. The van der Waals surface area contributed by atoms with Gasteiger partial charge in [0.05, 0.1) is 5.56 Å². The highest BCUT2D eigenvalue weighted by Crippen LogP contribution is 2.23. The molecule has 0 aromatic heterocycles. The van der Waals surface area contributed by atoms with Gasteiger partial charge in [-0.1, -0.05) is 24.3 Å². The van der Waals surface area contributed by atoms with E-state index in [4.69, 9.17) is 10.8 Å². The largest absolute Gasteiger partial charge is 0.478 e. The smallest absolute Gasteiger partial charge is 0.335 e. The maximum atomic E-state index is 10.9. The number of carbonyl (C=O) groups is 2. The highest BCUT2D eigenvalue weighted by Gasteiger charge is 2.07. The van der Waals surface area contributed by atoms with Gasteiger partial charge in [-0.3, -0.25) is 4.79 Å². The van der Waals surface area contributed by atoms with E-state index in [1.54, 1.807) is 36.4 Å². The van der Waals surface area contributed by atoms with Gasteiger partial charge in [-0.25, -0.2) is 4.79 Å². The van der Waals surface area contributed by atoms with Crippen LogP contribution in [0, 0.1) is 0 Å². The first-order valence-electron chi connectivity index (χ1n) is 5.29. The molecule has 4 nitrogen and oxygen atoms in total. The van der Waals surface area contributed by atoms with Crippen LogP contribution in [0.4, 0.5) is 5.69 Å². The predicted octanol–water partition coefficient (Wildman–Crippen LogP) is 2.45. The van der Waals surface area contributed by atoms with Crippen molar-refractivity contribution in [2.24, 2.45) is 0 Å². The summed E-state index contributed by atoms with van der Waals surface area (Å²) in [5.41, 5.74) is 8.31. The molecule has 0 fully saturated rings. The van der Waals surface area contributed by atoms with Crippen LogP contribution in [0.3, 0.4) is 0 Å². The molecule has 0 saturated heterocycles. The van der Waals surface area contributed by atoms with Crippen LogP contribution in [0.2, 0.25) is 0 Å². The summed E-state index contributed by atoms with van der Waals surface area (Å²) in [5, 5.41) is 8.96. The molecule has 0 saturated carbocycles. The Hall–Kier alpha value is -2.62. The van der Waals surface area contributed by atoms with E-state index in [0.29, 0.717) is 16.8 Å². The summed E-state index contributed by atoms with van der Waals surface area (Å²) < 4.78 is 0. The Morgan fingerprint density at radius 2 is 1.72 bits per heavy atom. The minimum Gasteiger partial charge on any atom is -0.478 e. The second kappa shape index (κ2) is 4.71. The third-order valence-corrected chi connectivity index (χ3v) is 2.58. The van der Waals surface area contributed by atoms with Crippen LogP contribution >= 0.6 is 0 Å². The fourth-order valence-electron chi connectivity index (χ4n) is 1.70. The molecule has 0 bridgehead atoms. The van der Waals surface area contributed by atoms with Crippen molar-refractivity contribution < 1.29 is 14.7 Å². The summed E-state index contributed by atoms with van der Waals surface area (Å²) in [7, 11) is 0. The molecule has 0 heterocycles. The molecule has 0 radical (unpaired) electrons. The fraction of sp³-hybridized carbons (Fsp3) is 0. The highest BCUT2D eigenvalue weighted by molar-refractivity contribution is 5.91. The van der Waals surface area contributed by atoms with Crippen molar-refractivity contribution in [1.29, 1.82) is 0 Å². The van der Waals surface area contributed by atoms with Crippen LogP contribution < -0.4 is 5.73 Å². The van der Waals surface area contributed by atoms with Crippen molar-refractivity contribution in [3.05, 3.63) is 53.6 Å². The van der Waals surface area contributed by atoms with Crippen LogP contribution in [0.5, 0.6) is 0 Å². The number of benzene rings is 2. The van der Waals surface area contributed by atoms with E-state index in [9.17, 15) is 9.59 Å². The van der Waals surface area contributed by atoms with Crippen LogP contribution in [0.15, 0.2) is 42.5 Å². The first-order valence-corrected chi connectivity index (χ1v) is 5.29. The van der Waals surface area contributed by atoms with Gasteiger partial charge in [0.2, 0.25) is 0 Å². The molecule has 2 rings (SSSR count). The van der Waals surface area contributed by atoms with Crippen LogP contribution in [0.25, 0.3) is 11.1 Å². The Morgan fingerprint density at radius 1 is 1.06 bits per heavy atom. The SMILES string of the molecule is Nc1cc(C(=O)O)cc(-c2ccc(C=O)cc2)c1. The second-order valence-electron chi connectivity index (χ2n) is 3.89. The summed E-state index contributed by atoms with van der Waals surface area (Å²) in [6.45, 7) is 0. The topological polar surface area (TPSA) is 80.4 Å². The Morgan fingerprint density at radius 3 is 2.28 bits per heavy atom. The van der Waals surface area contributed by atoms with E-state index >= 15 is 0 Å². The average Bonchev–Trinajstić information content (AvgIpc) is 2.38. The highest BCUT2D eigenvalue weighted by atomic mass is 16.4. The molecule has 0 amide bonds. The summed E-state index contributed by atoms with van der Waals surface area (Å²) in [6, 6.07) is 11.5. The van der Waals surface area contributed by atoms with Gasteiger partial charge in [-0.05, 0) is 29.3 Å². The minimum absolute atomic E-state index is 0.143. The third kappa shape index (κ3) is 2.38. The molecule has 0 aliphatic rings. The van der Waals surface area contributed by atoms with Gasteiger partial charge in [-0.15, -0.1) is 0 Å². The van der Waals surface area contributed by atoms with Crippen molar-refractivity contribution in [1.82, 2.24) is 0 Å². The first-order chi connectivity index (χ1) is 8.60. The number of hydrogen-bond acceptors (Lipinski definition) is 3. The molecule has 0 spiro atoms. The molecular formula is C14H11NO3. The molecule has 0 unspecified atom stereocenters. The zero-order chi connectivity index (χ0) is 13.1.